The maximum Gasteiger partial charge on any atom is 0.262 e. The highest BCUT2D eigenvalue weighted by Crippen LogP contribution is 2.18. The van der Waals surface area contributed by atoms with Gasteiger partial charge in [0.15, 0.2) is 4.77 Å². The van der Waals surface area contributed by atoms with Gasteiger partial charge >= 0.3 is 0 Å². The number of nitrogens with one attached hydrogen (secondary N) is 2. The Balaban J connectivity index is 1.99. The summed E-state index contributed by atoms with van der Waals surface area (Å²) in [4.78, 5) is 27.9. The highest BCUT2D eigenvalue weighted by atomic mass is 32.1. The highest BCUT2D eigenvalue weighted by molar-refractivity contribution is 7.71. The van der Waals surface area contributed by atoms with Gasteiger partial charge in [-0.3, -0.25) is 14.2 Å². The van der Waals surface area contributed by atoms with E-state index < -0.39 is 0 Å². The first-order valence-corrected chi connectivity index (χ1v) is 8.27. The third kappa shape index (κ3) is 3.34. The van der Waals surface area contributed by atoms with Crippen LogP contribution in [0, 0.1) is 17.5 Å². The number of benzene rings is 2. The fourth-order valence-corrected chi connectivity index (χ4v) is 2.92. The minimum absolute atomic E-state index is 0.245. The molecular formula is C19H16FN3O2S. The van der Waals surface area contributed by atoms with Crippen LogP contribution in [0.4, 0.5) is 10.1 Å². The lowest BCUT2D eigenvalue weighted by Gasteiger charge is -2.10. The Hall–Kier alpha value is -3.06. The van der Waals surface area contributed by atoms with Crippen LogP contribution in [0.5, 0.6) is 0 Å². The van der Waals surface area contributed by atoms with Crippen LogP contribution in [0.25, 0.3) is 10.9 Å². The van der Waals surface area contributed by atoms with Crippen molar-refractivity contribution in [2.24, 2.45) is 0 Å². The van der Waals surface area contributed by atoms with Crippen LogP contribution in [0.15, 0.2) is 53.8 Å². The maximum absolute atomic E-state index is 13.2. The van der Waals surface area contributed by atoms with Crippen LogP contribution >= 0.6 is 12.2 Å². The predicted molar refractivity (Wildman–Crippen MR) is 103 cm³/mol. The molecule has 0 saturated heterocycles. The fraction of sp³-hybridized carbons (Fsp3) is 0.105. The molecule has 3 aromatic rings. The van der Waals surface area contributed by atoms with Crippen molar-refractivity contribution in [1.82, 2.24) is 9.55 Å². The number of aromatic nitrogens is 2. The average molecular weight is 369 g/mol. The average Bonchev–Trinajstić information content (AvgIpc) is 2.60. The van der Waals surface area contributed by atoms with Gasteiger partial charge in [0.25, 0.3) is 11.5 Å². The molecule has 0 fully saturated rings. The molecule has 1 amide bonds. The molecule has 0 aliphatic heterocycles. The van der Waals surface area contributed by atoms with Crippen LogP contribution in [0.3, 0.4) is 0 Å². The summed E-state index contributed by atoms with van der Waals surface area (Å²) in [6.45, 7) is 5.62. The third-order valence-corrected chi connectivity index (χ3v) is 4.31. The Morgan fingerprint density at radius 3 is 2.81 bits per heavy atom. The number of H-pyrrole nitrogens is 1. The topological polar surface area (TPSA) is 66.9 Å². The van der Waals surface area contributed by atoms with Gasteiger partial charge in [-0.1, -0.05) is 6.08 Å². The van der Waals surface area contributed by atoms with Crippen molar-refractivity contribution >= 4 is 34.7 Å². The first kappa shape index (κ1) is 17.8. The summed E-state index contributed by atoms with van der Waals surface area (Å²) in [5, 5.41) is 3.16. The molecule has 1 heterocycles. The van der Waals surface area contributed by atoms with Crippen LogP contribution in [0.1, 0.15) is 15.9 Å². The summed E-state index contributed by atoms with van der Waals surface area (Å²) in [5.74, 6) is -0.731. The normalized spacial score (nSPS) is 10.7. The van der Waals surface area contributed by atoms with Crippen molar-refractivity contribution in [2.75, 3.05) is 5.32 Å². The molecule has 1 aromatic heterocycles. The maximum atomic E-state index is 13.2. The number of nitrogens with zero attached hydrogens (tertiary/aromatic N) is 1. The number of carbonyl (C=O) groups is 1. The van der Waals surface area contributed by atoms with Crippen molar-refractivity contribution in [3.05, 3.63) is 81.1 Å². The second-order valence-electron chi connectivity index (χ2n) is 5.81. The molecule has 0 bridgehead atoms. The van der Waals surface area contributed by atoms with E-state index in [1.165, 1.54) is 22.8 Å². The molecule has 5 nitrogen and oxygen atoms in total. The molecule has 0 atom stereocenters. The molecule has 7 heteroatoms. The zero-order valence-corrected chi connectivity index (χ0v) is 14.8. The molecule has 0 aliphatic rings. The number of aromatic amines is 1. The largest absolute Gasteiger partial charge is 0.332 e. The van der Waals surface area contributed by atoms with E-state index in [1.807, 2.05) is 0 Å². The Morgan fingerprint density at radius 1 is 1.35 bits per heavy atom. The molecule has 2 N–H and O–H groups in total. The molecule has 0 aliphatic carbocycles. The molecule has 0 unspecified atom stereocenters. The van der Waals surface area contributed by atoms with E-state index >= 15 is 0 Å². The molecular weight excluding hydrogens is 353 g/mol. The summed E-state index contributed by atoms with van der Waals surface area (Å²) in [7, 11) is 0. The third-order valence-electron chi connectivity index (χ3n) is 3.99. The summed E-state index contributed by atoms with van der Waals surface area (Å²) in [6.07, 6.45) is 1.59. The van der Waals surface area contributed by atoms with E-state index in [9.17, 15) is 14.0 Å². The van der Waals surface area contributed by atoms with Crippen molar-refractivity contribution in [1.29, 1.82) is 0 Å². The number of anilines is 1. The lowest BCUT2D eigenvalue weighted by atomic mass is 10.1. The standard InChI is InChI=1S/C19H16FN3O2S/c1-3-8-23-18(25)14-6-4-12(10-16(14)22-19(23)26)17(24)21-15-7-5-13(20)9-11(15)2/h3-7,9-10H,1,8H2,2H3,(H,21,24)(H,22,26). The number of rotatable bonds is 4. The Kier molecular flexibility index (Phi) is 4.81. The van der Waals surface area contributed by atoms with Crippen LogP contribution in [-0.2, 0) is 6.54 Å². The lowest BCUT2D eigenvalue weighted by Crippen LogP contribution is -2.22. The molecule has 0 saturated carbocycles. The van der Waals surface area contributed by atoms with Gasteiger partial charge in [-0.2, -0.15) is 0 Å². The predicted octanol–water partition coefficient (Wildman–Crippen LogP) is 3.94. The SMILES string of the molecule is C=CCn1c(=S)[nH]c2cc(C(=O)Nc3ccc(F)cc3C)ccc2c1=O. The van der Waals surface area contributed by atoms with E-state index in [0.717, 1.165) is 0 Å². The van der Waals surface area contributed by atoms with Gasteiger partial charge in [0.1, 0.15) is 5.82 Å². The van der Waals surface area contributed by atoms with Gasteiger partial charge in [0.2, 0.25) is 0 Å². The summed E-state index contributed by atoms with van der Waals surface area (Å²) >= 11 is 5.20. The van der Waals surface area contributed by atoms with Crippen molar-refractivity contribution in [3.8, 4) is 0 Å². The van der Waals surface area contributed by atoms with Crippen LogP contribution in [-0.4, -0.2) is 15.5 Å². The molecule has 3 rings (SSSR count). The number of aryl methyl sites for hydroxylation is 1. The van der Waals surface area contributed by atoms with Gasteiger partial charge in [-0.15, -0.1) is 6.58 Å². The number of carbonyl (C=O) groups excluding carboxylic acids is 1. The molecule has 26 heavy (non-hydrogen) atoms. The van der Waals surface area contributed by atoms with Crippen molar-refractivity contribution < 1.29 is 9.18 Å². The van der Waals surface area contributed by atoms with Gasteiger partial charge in [-0.25, -0.2) is 4.39 Å². The second-order valence-corrected chi connectivity index (χ2v) is 6.20. The van der Waals surface area contributed by atoms with Gasteiger partial charge in [0, 0.05) is 17.8 Å². The number of halogens is 1. The van der Waals surface area contributed by atoms with Crippen LogP contribution < -0.4 is 10.9 Å². The van der Waals surface area contributed by atoms with E-state index in [2.05, 4.69) is 16.9 Å². The smallest absolute Gasteiger partial charge is 0.262 e. The Labute approximate surface area is 153 Å². The summed E-state index contributed by atoms with van der Waals surface area (Å²) < 4.78 is 14.8. The summed E-state index contributed by atoms with van der Waals surface area (Å²) in [5.41, 5.74) is 1.72. The minimum atomic E-state index is -0.366. The second kappa shape index (κ2) is 7.05. The van der Waals surface area contributed by atoms with Gasteiger partial charge in [0.05, 0.1) is 10.9 Å². The number of hydrogen-bond acceptors (Lipinski definition) is 3. The highest BCUT2D eigenvalue weighted by Gasteiger charge is 2.11. The molecule has 0 spiro atoms. The zero-order valence-electron chi connectivity index (χ0n) is 14.0. The van der Waals surface area contributed by atoms with Gasteiger partial charge in [-0.05, 0) is 61.1 Å². The molecule has 0 radical (unpaired) electrons. The van der Waals surface area contributed by atoms with E-state index in [0.29, 0.717) is 34.3 Å². The Morgan fingerprint density at radius 2 is 2.12 bits per heavy atom. The summed E-state index contributed by atoms with van der Waals surface area (Å²) in [6, 6.07) is 8.84. The fourth-order valence-electron chi connectivity index (χ4n) is 2.65. The number of hydrogen-bond donors (Lipinski definition) is 2. The van der Waals surface area contributed by atoms with E-state index in [-0.39, 0.29) is 22.1 Å². The zero-order chi connectivity index (χ0) is 18.8. The first-order valence-electron chi connectivity index (χ1n) is 7.86. The number of amides is 1. The Bertz CT molecular complexity index is 1150. The van der Waals surface area contributed by atoms with E-state index in [1.54, 1.807) is 31.2 Å². The van der Waals surface area contributed by atoms with Crippen LogP contribution in [0.2, 0.25) is 0 Å². The minimum Gasteiger partial charge on any atom is -0.332 e. The van der Waals surface area contributed by atoms with E-state index in [4.69, 9.17) is 12.2 Å². The van der Waals surface area contributed by atoms with Crippen molar-refractivity contribution in [3.63, 3.8) is 0 Å². The number of allylic oxidation sites excluding steroid dienone is 1. The lowest BCUT2D eigenvalue weighted by molar-refractivity contribution is 0.102. The van der Waals surface area contributed by atoms with Gasteiger partial charge < -0.3 is 10.3 Å². The van der Waals surface area contributed by atoms with Crippen molar-refractivity contribution in [2.45, 2.75) is 13.5 Å². The first-order chi connectivity index (χ1) is 12.4. The molecule has 132 valence electrons. The monoisotopic (exact) mass is 369 g/mol. The molecule has 2 aromatic carbocycles. The number of fused-ring (bicyclic) bond motifs is 1. The quantitative estimate of drug-likeness (QED) is 0.541.